The van der Waals surface area contributed by atoms with Crippen molar-refractivity contribution in [2.75, 3.05) is 21.2 Å². The van der Waals surface area contributed by atoms with Crippen LogP contribution in [0.2, 0.25) is 5.02 Å². The highest BCUT2D eigenvalue weighted by atomic mass is 127. The van der Waals surface area contributed by atoms with Crippen LogP contribution < -0.4 is 10.1 Å². The van der Waals surface area contributed by atoms with Gasteiger partial charge < -0.3 is 15.0 Å². The number of hydrogen-bond acceptors (Lipinski definition) is 3. The van der Waals surface area contributed by atoms with E-state index in [0.717, 1.165) is 28.7 Å². The third-order valence-electron chi connectivity index (χ3n) is 3.34. The van der Waals surface area contributed by atoms with Gasteiger partial charge in [-0.2, -0.15) is 0 Å². The van der Waals surface area contributed by atoms with E-state index in [0.29, 0.717) is 12.4 Å². The molecular weight excluding hydrogens is 439 g/mol. The summed E-state index contributed by atoms with van der Waals surface area (Å²) >= 11 is 6.03. The molecule has 0 amide bonds. The minimum Gasteiger partial charge on any atom is -0.481 e. The maximum Gasteiger partial charge on any atom is 0.212 e. The number of aliphatic imine (C=N–C) groups is 1. The number of nitrogens with zero attached hydrogens (tertiary/aromatic N) is 3. The second-order valence-electron chi connectivity index (χ2n) is 5.10. The van der Waals surface area contributed by atoms with Gasteiger partial charge in [0.25, 0.3) is 0 Å². The number of aromatic nitrogens is 1. The molecule has 1 aromatic carbocycles. The highest BCUT2D eigenvalue weighted by molar-refractivity contribution is 14.0. The molecule has 0 bridgehead atoms. The first-order valence-electron chi connectivity index (χ1n) is 7.27. The zero-order chi connectivity index (χ0) is 16.7. The van der Waals surface area contributed by atoms with Crippen LogP contribution in [0.25, 0.3) is 0 Å². The number of pyridine rings is 1. The molecule has 2 aromatic rings. The van der Waals surface area contributed by atoms with Crippen LogP contribution in [-0.2, 0) is 13.1 Å². The summed E-state index contributed by atoms with van der Waals surface area (Å²) in [6.07, 6.45) is 1.79. The third-order valence-corrected chi connectivity index (χ3v) is 3.57. The van der Waals surface area contributed by atoms with Crippen LogP contribution in [0.15, 0.2) is 47.6 Å². The van der Waals surface area contributed by atoms with Crippen LogP contribution >= 0.6 is 35.6 Å². The summed E-state index contributed by atoms with van der Waals surface area (Å²) in [6, 6.07) is 11.6. The molecule has 2 rings (SSSR count). The van der Waals surface area contributed by atoms with E-state index in [-0.39, 0.29) is 24.0 Å². The van der Waals surface area contributed by atoms with Crippen LogP contribution in [-0.4, -0.2) is 37.0 Å². The number of nitrogens with one attached hydrogen (secondary N) is 1. The molecule has 0 saturated carbocycles. The lowest BCUT2D eigenvalue weighted by Crippen LogP contribution is -2.38. The van der Waals surface area contributed by atoms with Crippen LogP contribution in [0.4, 0.5) is 0 Å². The van der Waals surface area contributed by atoms with Gasteiger partial charge in [-0.3, -0.25) is 4.99 Å². The molecule has 0 atom stereocenters. The van der Waals surface area contributed by atoms with Crippen LogP contribution in [0, 0.1) is 0 Å². The average Bonchev–Trinajstić information content (AvgIpc) is 2.56. The van der Waals surface area contributed by atoms with Gasteiger partial charge in [-0.05, 0) is 23.3 Å². The molecule has 0 aliphatic rings. The van der Waals surface area contributed by atoms with E-state index in [9.17, 15) is 0 Å². The molecule has 0 aliphatic carbocycles. The topological polar surface area (TPSA) is 49.8 Å². The summed E-state index contributed by atoms with van der Waals surface area (Å²) in [5.74, 6) is 1.41. The number of ether oxygens (including phenoxy) is 1. The Morgan fingerprint density at radius 1 is 1.29 bits per heavy atom. The highest BCUT2D eigenvalue weighted by Crippen LogP contribution is 2.12. The maximum absolute atomic E-state index is 6.03. The summed E-state index contributed by atoms with van der Waals surface area (Å²) in [5, 5.41) is 4.06. The van der Waals surface area contributed by atoms with Crippen LogP contribution in [0.5, 0.6) is 5.88 Å². The molecule has 1 heterocycles. The molecule has 0 saturated heterocycles. The summed E-state index contributed by atoms with van der Waals surface area (Å²) in [6.45, 7) is 1.37. The van der Waals surface area contributed by atoms with Crippen molar-refractivity contribution in [3.8, 4) is 5.88 Å². The summed E-state index contributed by atoms with van der Waals surface area (Å²) in [7, 11) is 5.36. The molecule has 0 fully saturated rings. The largest absolute Gasteiger partial charge is 0.481 e. The molecule has 1 aromatic heterocycles. The predicted molar refractivity (Wildman–Crippen MR) is 109 cm³/mol. The van der Waals surface area contributed by atoms with Gasteiger partial charge in [0.2, 0.25) is 5.88 Å². The van der Waals surface area contributed by atoms with Crippen molar-refractivity contribution in [2.45, 2.75) is 13.1 Å². The Labute approximate surface area is 165 Å². The van der Waals surface area contributed by atoms with Gasteiger partial charge in [-0.1, -0.05) is 29.8 Å². The molecule has 1 N–H and O–H groups in total. The Bertz CT molecular complexity index is 664. The minimum atomic E-state index is 0. The highest BCUT2D eigenvalue weighted by Gasteiger charge is 2.07. The second-order valence-corrected chi connectivity index (χ2v) is 5.53. The SMILES string of the molecule is CN=C(NCc1ccc(OC)nc1)N(C)Cc1cccc(Cl)c1.I. The van der Waals surface area contributed by atoms with Gasteiger partial charge in [-0.15, -0.1) is 24.0 Å². The van der Waals surface area contributed by atoms with Crippen molar-refractivity contribution < 1.29 is 4.74 Å². The average molecular weight is 461 g/mol. The van der Waals surface area contributed by atoms with Crippen LogP contribution in [0.3, 0.4) is 0 Å². The molecule has 24 heavy (non-hydrogen) atoms. The predicted octanol–water partition coefficient (Wildman–Crippen LogP) is 3.57. The number of halogens is 2. The number of rotatable bonds is 5. The van der Waals surface area contributed by atoms with Gasteiger partial charge in [0.15, 0.2) is 5.96 Å². The first kappa shape index (κ1) is 20.5. The Kier molecular flexibility index (Phi) is 8.84. The number of guanidine groups is 1. The van der Waals surface area contributed by atoms with E-state index >= 15 is 0 Å². The molecule has 0 aliphatic heterocycles. The fraction of sp³-hybridized carbons (Fsp3) is 0.294. The normalized spacial score (nSPS) is 10.8. The Balaban J connectivity index is 0.00000288. The third kappa shape index (κ3) is 6.16. The molecule has 0 spiro atoms. The fourth-order valence-electron chi connectivity index (χ4n) is 2.19. The van der Waals surface area contributed by atoms with Crippen molar-refractivity contribution in [2.24, 2.45) is 4.99 Å². The van der Waals surface area contributed by atoms with Gasteiger partial charge in [0, 0.05) is 44.5 Å². The lowest BCUT2D eigenvalue weighted by molar-refractivity contribution is 0.397. The Morgan fingerprint density at radius 3 is 2.67 bits per heavy atom. The molecule has 0 unspecified atom stereocenters. The quantitative estimate of drug-likeness (QED) is 0.421. The Hall–Kier alpha value is -1.54. The monoisotopic (exact) mass is 460 g/mol. The van der Waals surface area contributed by atoms with E-state index < -0.39 is 0 Å². The zero-order valence-electron chi connectivity index (χ0n) is 14.0. The van der Waals surface area contributed by atoms with E-state index in [1.165, 1.54) is 0 Å². The Morgan fingerprint density at radius 2 is 2.08 bits per heavy atom. The molecule has 7 heteroatoms. The lowest BCUT2D eigenvalue weighted by atomic mass is 10.2. The lowest BCUT2D eigenvalue weighted by Gasteiger charge is -2.22. The van der Waals surface area contributed by atoms with Gasteiger partial charge >= 0.3 is 0 Å². The van der Waals surface area contributed by atoms with Crippen molar-refractivity contribution in [1.29, 1.82) is 0 Å². The van der Waals surface area contributed by atoms with Crippen molar-refractivity contribution in [3.63, 3.8) is 0 Å². The number of methoxy groups -OCH3 is 1. The van der Waals surface area contributed by atoms with Crippen molar-refractivity contribution in [3.05, 3.63) is 58.7 Å². The van der Waals surface area contributed by atoms with Crippen molar-refractivity contribution >= 4 is 41.5 Å². The summed E-state index contributed by atoms with van der Waals surface area (Å²) < 4.78 is 5.06. The minimum absolute atomic E-state index is 0. The van der Waals surface area contributed by atoms with Gasteiger partial charge in [-0.25, -0.2) is 4.98 Å². The molecule has 0 radical (unpaired) electrons. The van der Waals surface area contributed by atoms with Crippen LogP contribution in [0.1, 0.15) is 11.1 Å². The van der Waals surface area contributed by atoms with E-state index in [1.807, 2.05) is 48.3 Å². The van der Waals surface area contributed by atoms with Crippen molar-refractivity contribution in [1.82, 2.24) is 15.2 Å². The molecular formula is C17H22ClIN4O. The number of hydrogen-bond donors (Lipinski definition) is 1. The van der Waals surface area contributed by atoms with Gasteiger partial charge in [0.1, 0.15) is 0 Å². The molecule has 5 nitrogen and oxygen atoms in total. The first-order valence-corrected chi connectivity index (χ1v) is 7.65. The maximum atomic E-state index is 6.03. The van der Waals surface area contributed by atoms with Gasteiger partial charge in [0.05, 0.1) is 7.11 Å². The van der Waals surface area contributed by atoms with E-state index in [4.69, 9.17) is 16.3 Å². The molecule has 130 valence electrons. The first-order chi connectivity index (χ1) is 11.1. The van der Waals surface area contributed by atoms with E-state index in [2.05, 4.69) is 15.3 Å². The summed E-state index contributed by atoms with van der Waals surface area (Å²) in [4.78, 5) is 10.5. The number of benzene rings is 1. The standard InChI is InChI=1S/C17H21ClN4O.HI/c1-19-17(21-11-14-7-8-16(23-3)20-10-14)22(2)12-13-5-4-6-15(18)9-13;/h4-10H,11-12H2,1-3H3,(H,19,21);1H. The smallest absolute Gasteiger partial charge is 0.212 e. The zero-order valence-corrected chi connectivity index (χ0v) is 17.1. The second kappa shape index (κ2) is 10.4. The summed E-state index contributed by atoms with van der Waals surface area (Å²) in [5.41, 5.74) is 2.19. The fourth-order valence-corrected chi connectivity index (χ4v) is 2.40. The van der Waals surface area contributed by atoms with E-state index in [1.54, 1.807) is 20.4 Å².